The molecule has 2 aliphatic heterocycles. The highest BCUT2D eigenvalue weighted by molar-refractivity contribution is 6.07. The number of carbonyl (C=O) groups is 1. The molecule has 1 N–H and O–H groups in total. The van der Waals surface area contributed by atoms with Crippen molar-refractivity contribution < 1.29 is 4.79 Å². The van der Waals surface area contributed by atoms with Crippen LogP contribution in [0.5, 0.6) is 0 Å². The largest absolute Gasteiger partial charge is 0.328 e. The van der Waals surface area contributed by atoms with Crippen LogP contribution < -0.4 is 5.32 Å². The van der Waals surface area contributed by atoms with Crippen LogP contribution in [0.2, 0.25) is 0 Å². The van der Waals surface area contributed by atoms with E-state index in [1.807, 2.05) is 36.5 Å². The number of amides is 1. The van der Waals surface area contributed by atoms with E-state index in [-0.39, 0.29) is 5.91 Å². The standard InChI is InChI=1S/C19H14N2O/c22-18-19(15-8-3-4-9-16(15)20-18)12-13-6-1-2-7-14(13)17-10-5-11-21(17)19/h1-11H,12H2,(H,20,22). The van der Waals surface area contributed by atoms with Crippen molar-refractivity contribution in [3.63, 3.8) is 0 Å². The second-order valence-electron chi connectivity index (χ2n) is 5.96. The summed E-state index contributed by atoms with van der Waals surface area (Å²) in [7, 11) is 0. The molecule has 1 atom stereocenters. The van der Waals surface area contributed by atoms with Gasteiger partial charge >= 0.3 is 0 Å². The number of carbonyl (C=O) groups excluding carboxylic acids is 1. The van der Waals surface area contributed by atoms with E-state index in [4.69, 9.17) is 0 Å². The van der Waals surface area contributed by atoms with Crippen molar-refractivity contribution in [3.05, 3.63) is 78.0 Å². The quantitative estimate of drug-likeness (QED) is 0.675. The first-order valence-electron chi connectivity index (χ1n) is 7.48. The van der Waals surface area contributed by atoms with Crippen LogP contribution in [-0.4, -0.2) is 10.5 Å². The minimum atomic E-state index is -0.663. The van der Waals surface area contributed by atoms with Crippen molar-refractivity contribution in [1.82, 2.24) is 4.57 Å². The van der Waals surface area contributed by atoms with Gasteiger partial charge in [-0.15, -0.1) is 0 Å². The Morgan fingerprint density at radius 2 is 1.77 bits per heavy atom. The number of benzene rings is 2. The molecule has 0 bridgehead atoms. The molecular formula is C19H14N2O. The maximum absolute atomic E-state index is 12.9. The SMILES string of the molecule is O=C1Nc2ccccc2C12Cc1ccccc1-c1cccn12. The van der Waals surface area contributed by atoms with Crippen molar-refractivity contribution in [2.75, 3.05) is 5.32 Å². The number of nitrogens with zero attached hydrogens (tertiary/aromatic N) is 1. The van der Waals surface area contributed by atoms with Crippen molar-refractivity contribution in [2.45, 2.75) is 12.0 Å². The van der Waals surface area contributed by atoms with Gasteiger partial charge in [-0.1, -0.05) is 42.5 Å². The van der Waals surface area contributed by atoms with E-state index in [2.05, 4.69) is 40.2 Å². The lowest BCUT2D eigenvalue weighted by Gasteiger charge is -2.36. The molecule has 1 unspecified atom stereocenters. The van der Waals surface area contributed by atoms with E-state index >= 15 is 0 Å². The summed E-state index contributed by atoms with van der Waals surface area (Å²) in [6, 6.07) is 20.5. The molecule has 5 rings (SSSR count). The normalized spacial score (nSPS) is 21.2. The lowest BCUT2D eigenvalue weighted by atomic mass is 9.79. The third-order valence-electron chi connectivity index (χ3n) is 4.90. The Morgan fingerprint density at radius 1 is 0.955 bits per heavy atom. The smallest absolute Gasteiger partial charge is 0.255 e. The lowest BCUT2D eigenvalue weighted by Crippen LogP contribution is -2.45. The molecule has 106 valence electrons. The van der Waals surface area contributed by atoms with E-state index in [1.165, 1.54) is 11.1 Å². The van der Waals surface area contributed by atoms with Crippen LogP contribution in [0.15, 0.2) is 66.9 Å². The molecule has 0 aliphatic carbocycles. The monoisotopic (exact) mass is 286 g/mol. The van der Waals surface area contributed by atoms with Crippen LogP contribution in [0.25, 0.3) is 11.3 Å². The Balaban J connectivity index is 1.87. The number of hydrogen-bond acceptors (Lipinski definition) is 1. The second-order valence-corrected chi connectivity index (χ2v) is 5.96. The Hall–Kier alpha value is -2.81. The molecule has 2 aliphatic rings. The maximum atomic E-state index is 12.9. The number of rotatable bonds is 0. The van der Waals surface area contributed by atoms with Gasteiger partial charge in [0, 0.05) is 35.1 Å². The van der Waals surface area contributed by atoms with Crippen LogP contribution in [0, 0.1) is 0 Å². The molecule has 22 heavy (non-hydrogen) atoms. The van der Waals surface area contributed by atoms with Gasteiger partial charge in [0.2, 0.25) is 0 Å². The van der Waals surface area contributed by atoms with Crippen LogP contribution in [0.4, 0.5) is 5.69 Å². The van der Waals surface area contributed by atoms with Crippen LogP contribution in [0.3, 0.4) is 0 Å². The highest BCUT2D eigenvalue weighted by Crippen LogP contribution is 2.47. The molecule has 1 spiro atoms. The first kappa shape index (κ1) is 11.8. The van der Waals surface area contributed by atoms with E-state index in [0.29, 0.717) is 6.42 Å². The fourth-order valence-corrected chi connectivity index (χ4v) is 3.93. The van der Waals surface area contributed by atoms with Gasteiger partial charge in [0.15, 0.2) is 5.54 Å². The van der Waals surface area contributed by atoms with Crippen LogP contribution >= 0.6 is 0 Å². The van der Waals surface area contributed by atoms with E-state index < -0.39 is 5.54 Å². The number of nitrogens with one attached hydrogen (secondary N) is 1. The zero-order chi connectivity index (χ0) is 14.7. The predicted molar refractivity (Wildman–Crippen MR) is 85.7 cm³/mol. The Kier molecular flexibility index (Phi) is 2.09. The van der Waals surface area contributed by atoms with E-state index in [9.17, 15) is 4.79 Å². The first-order valence-corrected chi connectivity index (χ1v) is 7.48. The zero-order valence-electron chi connectivity index (χ0n) is 11.9. The minimum Gasteiger partial charge on any atom is -0.328 e. The zero-order valence-corrected chi connectivity index (χ0v) is 11.9. The van der Waals surface area contributed by atoms with Crippen molar-refractivity contribution >= 4 is 11.6 Å². The number of hydrogen-bond donors (Lipinski definition) is 1. The molecule has 1 amide bonds. The highest BCUT2D eigenvalue weighted by Gasteiger charge is 2.51. The molecule has 3 heteroatoms. The third-order valence-corrected chi connectivity index (χ3v) is 4.90. The fourth-order valence-electron chi connectivity index (χ4n) is 3.93. The van der Waals surface area contributed by atoms with Crippen LogP contribution in [-0.2, 0) is 16.8 Å². The summed E-state index contributed by atoms with van der Waals surface area (Å²) < 4.78 is 2.14. The van der Waals surface area contributed by atoms with Crippen molar-refractivity contribution in [1.29, 1.82) is 0 Å². The van der Waals surface area contributed by atoms with Gasteiger partial charge in [0.05, 0.1) is 0 Å². The summed E-state index contributed by atoms with van der Waals surface area (Å²) in [5.41, 5.74) is 4.87. The molecule has 3 heterocycles. The summed E-state index contributed by atoms with van der Waals surface area (Å²) in [6.45, 7) is 0. The lowest BCUT2D eigenvalue weighted by molar-refractivity contribution is -0.121. The van der Waals surface area contributed by atoms with Crippen LogP contribution in [0.1, 0.15) is 11.1 Å². The van der Waals surface area contributed by atoms with Gasteiger partial charge in [0.25, 0.3) is 5.91 Å². The van der Waals surface area contributed by atoms with E-state index in [1.54, 1.807) is 0 Å². The number of anilines is 1. The summed E-state index contributed by atoms with van der Waals surface area (Å²) in [4.78, 5) is 12.9. The molecule has 0 fully saturated rings. The molecule has 3 aromatic rings. The molecule has 2 aromatic carbocycles. The van der Waals surface area contributed by atoms with Gasteiger partial charge in [-0.05, 0) is 23.8 Å². The molecule has 3 nitrogen and oxygen atoms in total. The maximum Gasteiger partial charge on any atom is 0.255 e. The molecule has 0 saturated heterocycles. The molecule has 0 radical (unpaired) electrons. The van der Waals surface area contributed by atoms with Crippen molar-refractivity contribution in [3.8, 4) is 11.3 Å². The topological polar surface area (TPSA) is 34.0 Å². The minimum absolute atomic E-state index is 0.0562. The summed E-state index contributed by atoms with van der Waals surface area (Å²) in [6.07, 6.45) is 2.71. The van der Waals surface area contributed by atoms with Crippen molar-refractivity contribution in [2.24, 2.45) is 0 Å². The summed E-state index contributed by atoms with van der Waals surface area (Å²) >= 11 is 0. The average Bonchev–Trinajstić information content (AvgIpc) is 3.13. The number of aromatic nitrogens is 1. The van der Waals surface area contributed by atoms with Gasteiger partial charge in [0.1, 0.15) is 0 Å². The Labute approximate surface area is 128 Å². The summed E-state index contributed by atoms with van der Waals surface area (Å²) in [5, 5.41) is 3.06. The van der Waals surface area contributed by atoms with Gasteiger partial charge in [-0.2, -0.15) is 0 Å². The summed E-state index contributed by atoms with van der Waals surface area (Å²) in [5.74, 6) is 0.0562. The average molecular weight is 286 g/mol. The predicted octanol–water partition coefficient (Wildman–Crippen LogP) is 3.41. The fraction of sp³-hybridized carbons (Fsp3) is 0.105. The Bertz CT molecular complexity index is 924. The first-order chi connectivity index (χ1) is 10.8. The second kappa shape index (κ2) is 3.89. The molecule has 1 aromatic heterocycles. The molecule has 0 saturated carbocycles. The highest BCUT2D eigenvalue weighted by atomic mass is 16.2. The number of para-hydroxylation sites is 1. The number of fused-ring (bicyclic) bond motifs is 6. The third kappa shape index (κ3) is 1.24. The Morgan fingerprint density at radius 3 is 2.73 bits per heavy atom. The van der Waals surface area contributed by atoms with Gasteiger partial charge < -0.3 is 9.88 Å². The molecular weight excluding hydrogens is 272 g/mol. The van der Waals surface area contributed by atoms with Gasteiger partial charge in [-0.3, -0.25) is 4.79 Å². The van der Waals surface area contributed by atoms with E-state index in [0.717, 1.165) is 16.9 Å². The van der Waals surface area contributed by atoms with Gasteiger partial charge in [-0.25, -0.2) is 0 Å².